The Bertz CT molecular complexity index is 2470. The third-order valence-electron chi connectivity index (χ3n) is 9.73. The molecule has 0 amide bonds. The van der Waals surface area contributed by atoms with E-state index in [4.69, 9.17) is 19.4 Å². The van der Waals surface area contributed by atoms with Gasteiger partial charge in [0, 0.05) is 57.5 Å². The highest BCUT2D eigenvalue weighted by molar-refractivity contribution is 6.08. The summed E-state index contributed by atoms with van der Waals surface area (Å²) in [6.07, 6.45) is 1.60. The summed E-state index contributed by atoms with van der Waals surface area (Å²) >= 11 is 0. The topological polar surface area (TPSA) is 124 Å². The summed E-state index contributed by atoms with van der Waals surface area (Å²) in [5.41, 5.74) is 4.46. The minimum absolute atomic E-state index is 0.0463. The predicted molar refractivity (Wildman–Crippen MR) is 210 cm³/mol. The fourth-order valence-electron chi connectivity index (χ4n) is 6.92. The van der Waals surface area contributed by atoms with Crippen LogP contribution in [0, 0.1) is 5.41 Å². The van der Waals surface area contributed by atoms with E-state index in [0.29, 0.717) is 40.3 Å². The average Bonchev–Trinajstić information content (AvgIpc) is 3.51. The van der Waals surface area contributed by atoms with Crippen LogP contribution in [-0.4, -0.2) is 36.7 Å². The van der Waals surface area contributed by atoms with Crippen molar-refractivity contribution in [3.05, 3.63) is 121 Å². The number of pyridine rings is 2. The molecule has 1 atom stereocenters. The van der Waals surface area contributed by atoms with Gasteiger partial charge in [-0.05, 0) is 87.4 Å². The van der Waals surface area contributed by atoms with Crippen molar-refractivity contribution < 1.29 is 29.3 Å². The zero-order chi connectivity index (χ0) is 38.0. The van der Waals surface area contributed by atoms with Crippen LogP contribution < -0.4 is 9.47 Å². The van der Waals surface area contributed by atoms with Crippen molar-refractivity contribution in [2.24, 2.45) is 5.41 Å². The molecule has 272 valence electrons. The summed E-state index contributed by atoms with van der Waals surface area (Å²) in [7, 11) is 0. The highest BCUT2D eigenvalue weighted by Gasteiger charge is 2.34. The van der Waals surface area contributed by atoms with Crippen molar-refractivity contribution in [2.75, 3.05) is 0 Å². The van der Waals surface area contributed by atoms with E-state index < -0.39 is 11.4 Å². The molecule has 0 saturated heterocycles. The van der Waals surface area contributed by atoms with E-state index in [2.05, 4.69) is 47.9 Å². The zero-order valence-electron chi connectivity index (χ0n) is 30.6. The number of aromatic nitrogens is 3. The molecular formula is C45H41N3O6. The van der Waals surface area contributed by atoms with Gasteiger partial charge in [0.1, 0.15) is 23.0 Å². The number of benzene rings is 4. The second-order valence-corrected chi connectivity index (χ2v) is 13.9. The van der Waals surface area contributed by atoms with Crippen LogP contribution >= 0.6 is 0 Å². The second-order valence-electron chi connectivity index (χ2n) is 13.9. The first kappa shape index (κ1) is 35.9. The fourth-order valence-corrected chi connectivity index (χ4v) is 6.92. The number of phenolic OH excluding ortho intramolecular Hbond substituents is 2. The largest absolute Gasteiger partial charge is 0.507 e. The molecule has 0 radical (unpaired) electrons. The van der Waals surface area contributed by atoms with Crippen LogP contribution in [0.25, 0.3) is 55.7 Å². The second kappa shape index (κ2) is 14.9. The highest BCUT2D eigenvalue weighted by atomic mass is 16.5. The molecule has 2 N–H and O–H groups in total. The molecule has 0 spiro atoms. The number of hydrogen-bond donors (Lipinski definition) is 2. The van der Waals surface area contributed by atoms with E-state index in [9.17, 15) is 19.8 Å². The Labute approximate surface area is 313 Å². The lowest BCUT2D eigenvalue weighted by Crippen LogP contribution is -2.32. The molecule has 0 aliphatic heterocycles. The smallest absolute Gasteiger partial charge is 0.316 e. The highest BCUT2D eigenvalue weighted by Crippen LogP contribution is 2.40. The van der Waals surface area contributed by atoms with Gasteiger partial charge in [-0.1, -0.05) is 62.4 Å². The van der Waals surface area contributed by atoms with Crippen molar-refractivity contribution in [1.29, 1.82) is 0 Å². The monoisotopic (exact) mass is 719 g/mol. The number of nitrogens with zero attached hydrogens (tertiary/aromatic N) is 3. The van der Waals surface area contributed by atoms with Gasteiger partial charge in [0.15, 0.2) is 0 Å². The van der Waals surface area contributed by atoms with Crippen LogP contribution in [0.2, 0.25) is 0 Å². The average molecular weight is 720 g/mol. The maximum atomic E-state index is 13.7. The number of carbonyl (C=O) groups is 2. The first-order chi connectivity index (χ1) is 26.1. The molecule has 0 aliphatic carbocycles. The Morgan fingerprint density at radius 2 is 1.13 bits per heavy atom. The molecule has 7 aromatic rings. The van der Waals surface area contributed by atoms with E-state index in [1.807, 2.05) is 38.1 Å². The number of esters is 2. The van der Waals surface area contributed by atoms with Gasteiger partial charge in [-0.25, -0.2) is 9.97 Å². The number of aromatic hydroxyl groups is 2. The van der Waals surface area contributed by atoms with Gasteiger partial charge in [0.05, 0.1) is 28.2 Å². The lowest BCUT2D eigenvalue weighted by molar-refractivity contribution is -0.144. The molecule has 3 aromatic heterocycles. The minimum atomic E-state index is -0.834. The Morgan fingerprint density at radius 1 is 0.648 bits per heavy atom. The van der Waals surface area contributed by atoms with E-state index in [0.717, 1.165) is 17.5 Å². The molecule has 4 aromatic carbocycles. The Balaban J connectivity index is 1.08. The molecule has 9 heteroatoms. The van der Waals surface area contributed by atoms with E-state index in [1.54, 1.807) is 55.5 Å². The van der Waals surface area contributed by atoms with Gasteiger partial charge < -0.3 is 24.3 Å². The van der Waals surface area contributed by atoms with Crippen LogP contribution in [0.3, 0.4) is 0 Å². The van der Waals surface area contributed by atoms with E-state index in [1.165, 1.54) is 22.9 Å². The van der Waals surface area contributed by atoms with Gasteiger partial charge in [-0.2, -0.15) is 0 Å². The fraction of sp³-hybridized carbons (Fsp3) is 0.200. The number of carbonyl (C=O) groups excluding carboxylic acids is 2. The van der Waals surface area contributed by atoms with E-state index in [-0.39, 0.29) is 41.4 Å². The Morgan fingerprint density at radius 3 is 1.61 bits per heavy atom. The van der Waals surface area contributed by atoms with Crippen LogP contribution in [0.1, 0.15) is 53.0 Å². The number of fused-ring (bicyclic) bond motifs is 3. The molecule has 0 bridgehead atoms. The first-order valence-electron chi connectivity index (χ1n) is 18.1. The van der Waals surface area contributed by atoms with E-state index >= 15 is 0 Å². The lowest BCUT2D eigenvalue weighted by atomic mass is 9.84. The van der Waals surface area contributed by atoms with Crippen LogP contribution in [-0.2, 0) is 9.59 Å². The number of phenols is 2. The summed E-state index contributed by atoms with van der Waals surface area (Å²) in [5, 5.41) is 24.2. The van der Waals surface area contributed by atoms with Crippen molar-refractivity contribution in [3.8, 4) is 56.9 Å². The molecule has 9 nitrogen and oxygen atoms in total. The van der Waals surface area contributed by atoms with Gasteiger partial charge in [-0.3, -0.25) is 9.59 Å². The molecule has 0 aliphatic rings. The van der Waals surface area contributed by atoms with Crippen LogP contribution in [0.4, 0.5) is 0 Å². The molecule has 1 unspecified atom stereocenters. The maximum absolute atomic E-state index is 13.7. The molecule has 0 fully saturated rings. The molecule has 54 heavy (non-hydrogen) atoms. The summed E-state index contributed by atoms with van der Waals surface area (Å²) in [5.74, 6) is -0.465. The molecule has 0 saturated carbocycles. The zero-order valence-corrected chi connectivity index (χ0v) is 30.6. The number of para-hydroxylation sites is 2. The summed E-state index contributed by atoms with van der Waals surface area (Å²) < 4.78 is 13.5. The van der Waals surface area contributed by atoms with Crippen molar-refractivity contribution in [2.45, 2.75) is 53.0 Å². The lowest BCUT2D eigenvalue weighted by Gasteiger charge is -2.29. The first-order valence-corrected chi connectivity index (χ1v) is 18.1. The Kier molecular flexibility index (Phi) is 9.88. The maximum Gasteiger partial charge on any atom is 0.316 e. The van der Waals surface area contributed by atoms with Crippen LogP contribution in [0.15, 0.2) is 121 Å². The van der Waals surface area contributed by atoms with Crippen LogP contribution in [0.5, 0.6) is 23.0 Å². The number of hydrogen-bond acceptors (Lipinski definition) is 8. The third-order valence-corrected chi connectivity index (χ3v) is 9.73. The molecule has 3 heterocycles. The molecular weight excluding hydrogens is 679 g/mol. The van der Waals surface area contributed by atoms with Gasteiger partial charge in [0.25, 0.3) is 0 Å². The summed E-state index contributed by atoms with van der Waals surface area (Å²) in [6, 6.07) is 37.0. The SMILES string of the molecule is CCC(=O)Oc1ccc(-c2cccc(-c3cccc(-c4ccc(OC(=O)C(C)(C)CC(CC)n5c6ccccc6c6ccccc65)cc4O)n3)n2)c(O)c1. The minimum Gasteiger partial charge on any atom is -0.507 e. The van der Waals surface area contributed by atoms with Gasteiger partial charge in [-0.15, -0.1) is 0 Å². The van der Waals surface area contributed by atoms with Crippen molar-refractivity contribution in [1.82, 2.24) is 14.5 Å². The standard InChI is InChI=1S/C45H41N3O6/c1-5-28(48-39-19-9-7-13-31(39)32-14-8-10-20-40(32)48)27-45(3,4)44(52)54-30-22-24-34(42(50)26-30)36-16-12-18-38(47-36)37-17-11-15-35(46-37)33-23-21-29(25-41(33)49)53-43(51)6-2/h7-26,28,49-50H,5-6,27H2,1-4H3. The van der Waals surface area contributed by atoms with Crippen molar-refractivity contribution >= 4 is 33.7 Å². The van der Waals surface area contributed by atoms with Gasteiger partial charge >= 0.3 is 11.9 Å². The number of rotatable bonds is 11. The Hall–Kier alpha value is -6.48. The third kappa shape index (κ3) is 7.13. The summed E-state index contributed by atoms with van der Waals surface area (Å²) in [4.78, 5) is 34.9. The van der Waals surface area contributed by atoms with Gasteiger partial charge in [0.2, 0.25) is 0 Å². The summed E-state index contributed by atoms with van der Waals surface area (Å²) in [6.45, 7) is 7.64. The predicted octanol–water partition coefficient (Wildman–Crippen LogP) is 10.3. The molecule has 7 rings (SSSR count). The number of ether oxygens (including phenoxy) is 2. The van der Waals surface area contributed by atoms with Crippen molar-refractivity contribution in [3.63, 3.8) is 0 Å². The quantitative estimate of drug-likeness (QED) is 0.100. The normalized spacial score (nSPS) is 12.1.